The summed E-state index contributed by atoms with van der Waals surface area (Å²) in [5, 5.41) is 18.8. The number of rotatable bonds is 2. The zero-order valence-electron chi connectivity index (χ0n) is 8.72. The predicted octanol–water partition coefficient (Wildman–Crippen LogP) is 3.41. The molecule has 0 unspecified atom stereocenters. The van der Waals surface area contributed by atoms with Crippen molar-refractivity contribution in [2.75, 3.05) is 0 Å². The third-order valence-corrected chi connectivity index (χ3v) is 2.38. The second-order valence-electron chi connectivity index (χ2n) is 3.56. The lowest BCUT2D eigenvalue weighted by molar-refractivity contribution is 0.451. The standard InChI is InChI=1S/C14H12O2/c1-2-10-3-5-11(6-4-10)12-7-13(15)9-14(16)8-12/h2-9,15-16H,1H2. The fourth-order valence-corrected chi connectivity index (χ4v) is 1.57. The molecular weight excluding hydrogens is 200 g/mol. The number of phenols is 2. The zero-order chi connectivity index (χ0) is 11.5. The van der Waals surface area contributed by atoms with Crippen LogP contribution >= 0.6 is 0 Å². The van der Waals surface area contributed by atoms with Gasteiger partial charge in [-0.3, -0.25) is 0 Å². The van der Waals surface area contributed by atoms with Crippen LogP contribution in [0.25, 0.3) is 17.2 Å². The van der Waals surface area contributed by atoms with E-state index in [1.165, 1.54) is 6.07 Å². The molecule has 2 rings (SSSR count). The Kier molecular flexibility index (Phi) is 2.64. The molecule has 0 radical (unpaired) electrons. The van der Waals surface area contributed by atoms with Crippen LogP contribution in [0.1, 0.15) is 5.56 Å². The molecule has 2 aromatic rings. The van der Waals surface area contributed by atoms with Crippen LogP contribution in [0.3, 0.4) is 0 Å². The average Bonchev–Trinajstić information content (AvgIpc) is 2.28. The van der Waals surface area contributed by atoms with Gasteiger partial charge in [0.1, 0.15) is 11.5 Å². The summed E-state index contributed by atoms with van der Waals surface area (Å²) in [6, 6.07) is 12.2. The van der Waals surface area contributed by atoms with Crippen molar-refractivity contribution in [2.24, 2.45) is 0 Å². The zero-order valence-corrected chi connectivity index (χ0v) is 8.72. The minimum absolute atomic E-state index is 0.0581. The SMILES string of the molecule is C=Cc1ccc(-c2cc(O)cc(O)c2)cc1. The van der Waals surface area contributed by atoms with Crippen molar-refractivity contribution in [3.05, 3.63) is 54.6 Å². The lowest BCUT2D eigenvalue weighted by atomic mass is 10.0. The highest BCUT2D eigenvalue weighted by Gasteiger charge is 2.01. The molecule has 0 amide bonds. The van der Waals surface area contributed by atoms with Gasteiger partial charge in [0.2, 0.25) is 0 Å². The first-order valence-corrected chi connectivity index (χ1v) is 4.95. The molecule has 0 aliphatic heterocycles. The van der Waals surface area contributed by atoms with Gasteiger partial charge in [-0.05, 0) is 28.8 Å². The Morgan fingerprint density at radius 3 is 1.88 bits per heavy atom. The summed E-state index contributed by atoms with van der Waals surface area (Å²) in [5.41, 5.74) is 2.76. The predicted molar refractivity (Wildman–Crippen MR) is 65.3 cm³/mol. The summed E-state index contributed by atoms with van der Waals surface area (Å²) in [5.74, 6) is 0.116. The molecule has 0 aliphatic carbocycles. The summed E-state index contributed by atoms with van der Waals surface area (Å²) < 4.78 is 0. The molecule has 0 saturated heterocycles. The van der Waals surface area contributed by atoms with Gasteiger partial charge in [0, 0.05) is 6.07 Å². The molecule has 16 heavy (non-hydrogen) atoms. The van der Waals surface area contributed by atoms with Crippen LogP contribution in [0.4, 0.5) is 0 Å². The van der Waals surface area contributed by atoms with Gasteiger partial charge in [-0.1, -0.05) is 36.9 Å². The highest BCUT2D eigenvalue weighted by molar-refractivity contribution is 5.68. The van der Waals surface area contributed by atoms with E-state index in [0.717, 1.165) is 16.7 Å². The average molecular weight is 212 g/mol. The van der Waals surface area contributed by atoms with E-state index >= 15 is 0 Å². The topological polar surface area (TPSA) is 40.5 Å². The van der Waals surface area contributed by atoms with E-state index < -0.39 is 0 Å². The molecule has 0 atom stereocenters. The van der Waals surface area contributed by atoms with Crippen LogP contribution in [0, 0.1) is 0 Å². The van der Waals surface area contributed by atoms with Crippen LogP contribution < -0.4 is 0 Å². The Morgan fingerprint density at radius 2 is 1.38 bits per heavy atom. The highest BCUT2D eigenvalue weighted by atomic mass is 16.3. The molecule has 80 valence electrons. The largest absolute Gasteiger partial charge is 0.508 e. The van der Waals surface area contributed by atoms with Gasteiger partial charge in [-0.25, -0.2) is 0 Å². The Hall–Kier alpha value is -2.22. The van der Waals surface area contributed by atoms with Gasteiger partial charge >= 0.3 is 0 Å². The third kappa shape index (κ3) is 2.06. The van der Waals surface area contributed by atoms with E-state index in [0.29, 0.717) is 0 Å². The Balaban J connectivity index is 2.45. The quantitative estimate of drug-likeness (QED) is 0.800. The Morgan fingerprint density at radius 1 is 0.812 bits per heavy atom. The van der Waals surface area contributed by atoms with Crippen LogP contribution in [0.15, 0.2) is 49.0 Å². The minimum Gasteiger partial charge on any atom is -0.508 e. The van der Waals surface area contributed by atoms with E-state index in [2.05, 4.69) is 6.58 Å². The molecule has 0 fully saturated rings. The smallest absolute Gasteiger partial charge is 0.119 e. The molecule has 2 nitrogen and oxygen atoms in total. The highest BCUT2D eigenvalue weighted by Crippen LogP contribution is 2.28. The van der Waals surface area contributed by atoms with E-state index in [4.69, 9.17) is 0 Å². The number of benzene rings is 2. The van der Waals surface area contributed by atoms with Gasteiger partial charge in [0.05, 0.1) is 0 Å². The van der Waals surface area contributed by atoms with Gasteiger partial charge < -0.3 is 10.2 Å². The van der Waals surface area contributed by atoms with E-state index in [-0.39, 0.29) is 11.5 Å². The molecule has 2 aromatic carbocycles. The number of hydrogen-bond donors (Lipinski definition) is 2. The van der Waals surface area contributed by atoms with Crippen molar-refractivity contribution in [1.29, 1.82) is 0 Å². The first-order chi connectivity index (χ1) is 7.69. The molecule has 0 aliphatic rings. The molecule has 0 spiro atoms. The van der Waals surface area contributed by atoms with Crippen molar-refractivity contribution in [3.8, 4) is 22.6 Å². The van der Waals surface area contributed by atoms with Gasteiger partial charge in [-0.15, -0.1) is 0 Å². The molecule has 0 aromatic heterocycles. The first kappa shape index (κ1) is 10.3. The van der Waals surface area contributed by atoms with Crippen molar-refractivity contribution in [1.82, 2.24) is 0 Å². The number of hydrogen-bond acceptors (Lipinski definition) is 2. The molecule has 2 heteroatoms. The van der Waals surface area contributed by atoms with Crippen LogP contribution in [0.2, 0.25) is 0 Å². The van der Waals surface area contributed by atoms with Crippen LogP contribution in [0.5, 0.6) is 11.5 Å². The molecule has 0 bridgehead atoms. The van der Waals surface area contributed by atoms with E-state index in [1.807, 2.05) is 24.3 Å². The van der Waals surface area contributed by atoms with Crippen LogP contribution in [-0.2, 0) is 0 Å². The third-order valence-electron chi connectivity index (χ3n) is 2.38. The lowest BCUT2D eigenvalue weighted by Gasteiger charge is -2.04. The summed E-state index contributed by atoms with van der Waals surface area (Å²) in [6.07, 6.45) is 1.77. The first-order valence-electron chi connectivity index (χ1n) is 4.95. The molecule has 0 saturated carbocycles. The monoisotopic (exact) mass is 212 g/mol. The van der Waals surface area contributed by atoms with Gasteiger partial charge in [-0.2, -0.15) is 0 Å². The number of aromatic hydroxyl groups is 2. The maximum atomic E-state index is 9.38. The Bertz CT molecular complexity index is 493. The van der Waals surface area contributed by atoms with Crippen molar-refractivity contribution in [3.63, 3.8) is 0 Å². The molecule has 0 heterocycles. The maximum absolute atomic E-state index is 9.38. The van der Waals surface area contributed by atoms with Crippen molar-refractivity contribution >= 4 is 6.08 Å². The van der Waals surface area contributed by atoms with Crippen LogP contribution in [-0.4, -0.2) is 10.2 Å². The summed E-state index contributed by atoms with van der Waals surface area (Å²) in [7, 11) is 0. The lowest BCUT2D eigenvalue weighted by Crippen LogP contribution is -1.79. The second-order valence-corrected chi connectivity index (χ2v) is 3.56. The summed E-state index contributed by atoms with van der Waals surface area (Å²) >= 11 is 0. The van der Waals surface area contributed by atoms with Gasteiger partial charge in [0.15, 0.2) is 0 Å². The molecule has 2 N–H and O–H groups in total. The fraction of sp³-hybridized carbons (Fsp3) is 0. The van der Waals surface area contributed by atoms with Crippen molar-refractivity contribution < 1.29 is 10.2 Å². The minimum atomic E-state index is 0.0581. The maximum Gasteiger partial charge on any atom is 0.119 e. The van der Waals surface area contributed by atoms with Crippen molar-refractivity contribution in [2.45, 2.75) is 0 Å². The summed E-state index contributed by atoms with van der Waals surface area (Å²) in [4.78, 5) is 0. The fourth-order valence-electron chi connectivity index (χ4n) is 1.57. The van der Waals surface area contributed by atoms with E-state index in [1.54, 1.807) is 18.2 Å². The number of phenolic OH excluding ortho intramolecular Hbond substituents is 2. The molecular formula is C14H12O2. The normalized spacial score (nSPS) is 10.0. The Labute approximate surface area is 94.1 Å². The van der Waals surface area contributed by atoms with Gasteiger partial charge in [0.25, 0.3) is 0 Å². The van der Waals surface area contributed by atoms with E-state index in [9.17, 15) is 10.2 Å². The summed E-state index contributed by atoms with van der Waals surface area (Å²) in [6.45, 7) is 3.68. The second kappa shape index (κ2) is 4.11.